The largest absolute Gasteiger partial charge is 0.399 e. The van der Waals surface area contributed by atoms with Gasteiger partial charge in [0.15, 0.2) is 0 Å². The summed E-state index contributed by atoms with van der Waals surface area (Å²) in [5.41, 5.74) is 6.96. The molecule has 4 nitrogen and oxygen atoms in total. The summed E-state index contributed by atoms with van der Waals surface area (Å²) < 4.78 is 26.5. The van der Waals surface area contributed by atoms with Gasteiger partial charge in [0.1, 0.15) is 0 Å². The van der Waals surface area contributed by atoms with Crippen LogP contribution in [-0.2, 0) is 15.8 Å². The molecule has 1 aromatic rings. The van der Waals surface area contributed by atoms with Crippen LogP contribution in [0.15, 0.2) is 24.3 Å². The first-order chi connectivity index (χ1) is 8.05. The van der Waals surface area contributed by atoms with Gasteiger partial charge in [-0.25, -0.2) is 13.1 Å². The Hall–Kier alpha value is -0.720. The lowest BCUT2D eigenvalue weighted by Gasteiger charge is -2.11. The Labute approximate surface area is 106 Å². The van der Waals surface area contributed by atoms with Gasteiger partial charge in [-0.3, -0.25) is 0 Å². The molecule has 0 bridgehead atoms. The summed E-state index contributed by atoms with van der Waals surface area (Å²) in [6.45, 7) is 0. The van der Waals surface area contributed by atoms with E-state index in [0.29, 0.717) is 5.69 Å². The van der Waals surface area contributed by atoms with E-state index in [1.807, 2.05) is 0 Å². The highest BCUT2D eigenvalue weighted by molar-refractivity contribution is 7.99. The van der Waals surface area contributed by atoms with Crippen molar-refractivity contribution in [3.8, 4) is 0 Å². The molecule has 94 valence electrons. The molecule has 0 amide bonds. The van der Waals surface area contributed by atoms with Crippen LogP contribution in [-0.4, -0.2) is 26.0 Å². The maximum absolute atomic E-state index is 11.9. The number of rotatable bonds is 4. The molecule has 1 unspecified atom stereocenters. The SMILES string of the molecule is Nc1ccc(CS(=O)(=O)NC2CCSC2)cc1. The number of hydrogen-bond acceptors (Lipinski definition) is 4. The molecule has 0 radical (unpaired) electrons. The normalized spacial score (nSPS) is 20.6. The van der Waals surface area contributed by atoms with Crippen molar-refractivity contribution in [1.29, 1.82) is 0 Å². The minimum Gasteiger partial charge on any atom is -0.399 e. The molecule has 17 heavy (non-hydrogen) atoms. The Morgan fingerprint density at radius 1 is 1.35 bits per heavy atom. The van der Waals surface area contributed by atoms with E-state index < -0.39 is 10.0 Å². The van der Waals surface area contributed by atoms with Crippen molar-refractivity contribution < 1.29 is 8.42 Å². The van der Waals surface area contributed by atoms with Gasteiger partial charge in [0, 0.05) is 17.5 Å². The zero-order valence-electron chi connectivity index (χ0n) is 9.43. The average molecular weight is 272 g/mol. The molecule has 1 aliphatic rings. The highest BCUT2D eigenvalue weighted by Gasteiger charge is 2.21. The predicted octanol–water partition coefficient (Wildman–Crippen LogP) is 1.19. The summed E-state index contributed by atoms with van der Waals surface area (Å²) in [6.07, 6.45) is 0.922. The molecule has 1 fully saturated rings. The summed E-state index contributed by atoms with van der Waals surface area (Å²) in [7, 11) is -3.24. The second kappa shape index (κ2) is 5.29. The quantitative estimate of drug-likeness (QED) is 0.808. The van der Waals surface area contributed by atoms with Gasteiger partial charge in [0.25, 0.3) is 0 Å². The molecule has 1 atom stereocenters. The Balaban J connectivity index is 1.98. The predicted molar refractivity (Wildman–Crippen MR) is 72.3 cm³/mol. The van der Waals surface area contributed by atoms with Crippen LogP contribution in [0.1, 0.15) is 12.0 Å². The molecule has 2 rings (SSSR count). The fourth-order valence-corrected chi connectivity index (χ4v) is 4.44. The van der Waals surface area contributed by atoms with Crippen molar-refractivity contribution in [2.24, 2.45) is 0 Å². The third-order valence-electron chi connectivity index (χ3n) is 2.61. The second-order valence-electron chi connectivity index (χ2n) is 4.18. The second-order valence-corrected chi connectivity index (χ2v) is 7.08. The standard InChI is InChI=1S/C11H16N2O2S2/c12-10-3-1-9(2-4-10)8-17(14,15)13-11-5-6-16-7-11/h1-4,11,13H,5-8,12H2. The summed E-state index contributed by atoms with van der Waals surface area (Å²) >= 11 is 1.79. The summed E-state index contributed by atoms with van der Waals surface area (Å²) in [6, 6.07) is 7.03. The van der Waals surface area contributed by atoms with Crippen molar-refractivity contribution in [2.75, 3.05) is 17.2 Å². The number of anilines is 1. The Morgan fingerprint density at radius 3 is 2.65 bits per heavy atom. The van der Waals surface area contributed by atoms with Gasteiger partial charge in [0.2, 0.25) is 10.0 Å². The molecule has 1 aliphatic heterocycles. The van der Waals surface area contributed by atoms with Crippen LogP contribution >= 0.6 is 11.8 Å². The van der Waals surface area contributed by atoms with Gasteiger partial charge in [-0.15, -0.1) is 0 Å². The summed E-state index contributed by atoms with van der Waals surface area (Å²) in [4.78, 5) is 0. The summed E-state index contributed by atoms with van der Waals surface area (Å²) in [5.74, 6) is 1.93. The Kier molecular flexibility index (Phi) is 3.96. The number of benzene rings is 1. The van der Waals surface area contributed by atoms with Gasteiger partial charge in [0.05, 0.1) is 5.75 Å². The van der Waals surface area contributed by atoms with E-state index in [1.54, 1.807) is 36.0 Å². The van der Waals surface area contributed by atoms with Gasteiger partial charge in [-0.05, 0) is 29.9 Å². The van der Waals surface area contributed by atoms with E-state index in [0.717, 1.165) is 23.5 Å². The fourth-order valence-electron chi connectivity index (χ4n) is 1.76. The van der Waals surface area contributed by atoms with E-state index in [-0.39, 0.29) is 11.8 Å². The van der Waals surface area contributed by atoms with E-state index in [1.165, 1.54) is 0 Å². The monoisotopic (exact) mass is 272 g/mol. The maximum Gasteiger partial charge on any atom is 0.216 e. The zero-order chi connectivity index (χ0) is 12.3. The van der Waals surface area contributed by atoms with Gasteiger partial charge < -0.3 is 5.73 Å². The van der Waals surface area contributed by atoms with Crippen molar-refractivity contribution in [3.05, 3.63) is 29.8 Å². The van der Waals surface area contributed by atoms with E-state index in [9.17, 15) is 8.42 Å². The highest BCUT2D eigenvalue weighted by atomic mass is 32.2. The van der Waals surface area contributed by atoms with Crippen LogP contribution in [0, 0.1) is 0 Å². The third-order valence-corrected chi connectivity index (χ3v) is 5.18. The molecule has 0 saturated carbocycles. The van der Waals surface area contributed by atoms with Crippen LogP contribution in [0.3, 0.4) is 0 Å². The first kappa shape index (κ1) is 12.7. The molecular formula is C11H16N2O2S2. The summed E-state index contributed by atoms with van der Waals surface area (Å²) in [5, 5.41) is 0. The fraction of sp³-hybridized carbons (Fsp3) is 0.455. The van der Waals surface area contributed by atoms with Crippen molar-refractivity contribution in [1.82, 2.24) is 4.72 Å². The highest BCUT2D eigenvalue weighted by Crippen LogP contribution is 2.18. The van der Waals surface area contributed by atoms with Gasteiger partial charge in [-0.2, -0.15) is 11.8 Å². The van der Waals surface area contributed by atoms with Crippen LogP contribution in [0.2, 0.25) is 0 Å². The molecule has 3 N–H and O–H groups in total. The third kappa shape index (κ3) is 3.90. The van der Waals surface area contributed by atoms with Crippen molar-refractivity contribution >= 4 is 27.5 Å². The molecule has 0 aromatic heterocycles. The van der Waals surface area contributed by atoms with Crippen LogP contribution < -0.4 is 10.5 Å². The number of nitrogens with one attached hydrogen (secondary N) is 1. The number of sulfonamides is 1. The lowest BCUT2D eigenvalue weighted by molar-refractivity contribution is 0.562. The molecule has 6 heteroatoms. The number of hydrogen-bond donors (Lipinski definition) is 2. The lowest BCUT2D eigenvalue weighted by Crippen LogP contribution is -2.35. The smallest absolute Gasteiger partial charge is 0.216 e. The van der Waals surface area contributed by atoms with Crippen molar-refractivity contribution in [2.45, 2.75) is 18.2 Å². The molecule has 1 saturated heterocycles. The molecular weight excluding hydrogens is 256 g/mol. The Bertz CT molecular complexity index is 465. The van der Waals surface area contributed by atoms with Crippen LogP contribution in [0.5, 0.6) is 0 Å². The Morgan fingerprint density at radius 2 is 2.06 bits per heavy atom. The average Bonchev–Trinajstić information content (AvgIpc) is 2.73. The topological polar surface area (TPSA) is 72.2 Å². The number of nitrogens with two attached hydrogens (primary N) is 1. The number of nitrogen functional groups attached to an aromatic ring is 1. The number of thioether (sulfide) groups is 1. The van der Waals surface area contributed by atoms with Gasteiger partial charge >= 0.3 is 0 Å². The zero-order valence-corrected chi connectivity index (χ0v) is 11.1. The minimum absolute atomic E-state index is 0.0223. The lowest BCUT2D eigenvalue weighted by atomic mass is 10.2. The van der Waals surface area contributed by atoms with Crippen LogP contribution in [0.4, 0.5) is 5.69 Å². The molecule has 1 aromatic carbocycles. The molecule has 0 spiro atoms. The first-order valence-electron chi connectivity index (χ1n) is 5.47. The van der Waals surface area contributed by atoms with E-state index >= 15 is 0 Å². The maximum atomic E-state index is 11.9. The van der Waals surface area contributed by atoms with Crippen LogP contribution in [0.25, 0.3) is 0 Å². The van der Waals surface area contributed by atoms with Gasteiger partial charge in [-0.1, -0.05) is 12.1 Å². The van der Waals surface area contributed by atoms with Crippen molar-refractivity contribution in [3.63, 3.8) is 0 Å². The van der Waals surface area contributed by atoms with E-state index in [4.69, 9.17) is 5.73 Å². The molecule has 0 aliphatic carbocycles. The van der Waals surface area contributed by atoms with E-state index in [2.05, 4.69) is 4.72 Å². The molecule has 1 heterocycles. The first-order valence-corrected chi connectivity index (χ1v) is 8.28. The minimum atomic E-state index is -3.24.